The monoisotopic (exact) mass is 415 g/mol. The van der Waals surface area contributed by atoms with E-state index in [0.717, 1.165) is 46.1 Å². The summed E-state index contributed by atoms with van der Waals surface area (Å²) >= 11 is 0. The average molecular weight is 415 g/mol. The molecule has 0 atom stereocenters. The van der Waals surface area contributed by atoms with Crippen molar-refractivity contribution in [3.05, 3.63) is 65.2 Å². The molecule has 0 unspecified atom stereocenters. The summed E-state index contributed by atoms with van der Waals surface area (Å²) < 4.78 is 5.98. The number of piperazine rings is 1. The third-order valence-corrected chi connectivity index (χ3v) is 6.06. The van der Waals surface area contributed by atoms with Crippen molar-refractivity contribution in [1.29, 1.82) is 0 Å². The van der Waals surface area contributed by atoms with Crippen molar-refractivity contribution in [2.75, 3.05) is 31.9 Å². The van der Waals surface area contributed by atoms with Crippen LogP contribution in [0.5, 0.6) is 0 Å². The maximum absolute atomic E-state index is 13.1. The first-order chi connectivity index (χ1) is 15.0. The fourth-order valence-electron chi connectivity index (χ4n) is 4.26. The van der Waals surface area contributed by atoms with E-state index in [1.165, 1.54) is 0 Å². The highest BCUT2D eigenvalue weighted by atomic mass is 16.3. The SMILES string of the molecule is Cc1c(C(=O)N2CCN(Cc3nc(N)c4ccccc4n3)CC2)oc2c(C)cccc12. The predicted molar refractivity (Wildman–Crippen MR) is 121 cm³/mol. The number of fused-ring (bicyclic) bond motifs is 2. The number of carbonyl (C=O) groups is 1. The molecule has 0 aliphatic carbocycles. The number of para-hydroxylation sites is 2. The number of furan rings is 1. The van der Waals surface area contributed by atoms with Gasteiger partial charge in [0.1, 0.15) is 17.2 Å². The normalized spacial score (nSPS) is 15.1. The number of benzene rings is 2. The number of carbonyl (C=O) groups excluding carboxylic acids is 1. The molecule has 0 bridgehead atoms. The van der Waals surface area contributed by atoms with E-state index in [4.69, 9.17) is 10.2 Å². The largest absolute Gasteiger partial charge is 0.450 e. The number of aromatic nitrogens is 2. The van der Waals surface area contributed by atoms with Gasteiger partial charge in [-0.1, -0.05) is 30.3 Å². The van der Waals surface area contributed by atoms with Gasteiger partial charge >= 0.3 is 0 Å². The Bertz CT molecular complexity index is 1290. The van der Waals surface area contributed by atoms with E-state index < -0.39 is 0 Å². The van der Waals surface area contributed by atoms with Crippen LogP contribution in [0.4, 0.5) is 5.82 Å². The van der Waals surface area contributed by atoms with Crippen molar-refractivity contribution in [2.45, 2.75) is 20.4 Å². The maximum Gasteiger partial charge on any atom is 0.289 e. The summed E-state index contributed by atoms with van der Waals surface area (Å²) in [4.78, 5) is 26.4. The summed E-state index contributed by atoms with van der Waals surface area (Å²) in [7, 11) is 0. The molecule has 0 saturated carbocycles. The van der Waals surface area contributed by atoms with Crippen molar-refractivity contribution in [2.24, 2.45) is 0 Å². The van der Waals surface area contributed by atoms with Crippen LogP contribution in [0.25, 0.3) is 21.9 Å². The molecule has 5 rings (SSSR count). The Labute approximate surface area is 180 Å². The molecule has 2 N–H and O–H groups in total. The molecule has 7 nitrogen and oxygen atoms in total. The second-order valence-electron chi connectivity index (χ2n) is 8.12. The predicted octanol–water partition coefficient (Wildman–Crippen LogP) is 3.53. The number of nitrogens with zero attached hydrogens (tertiary/aromatic N) is 4. The smallest absolute Gasteiger partial charge is 0.289 e. The Morgan fingerprint density at radius 3 is 2.52 bits per heavy atom. The minimum absolute atomic E-state index is 0.0426. The molecule has 1 saturated heterocycles. The lowest BCUT2D eigenvalue weighted by Gasteiger charge is -2.34. The molecule has 4 aromatic rings. The molecule has 2 aromatic heterocycles. The van der Waals surface area contributed by atoms with Crippen LogP contribution >= 0.6 is 0 Å². The number of hydrogen-bond acceptors (Lipinski definition) is 6. The number of rotatable bonds is 3. The van der Waals surface area contributed by atoms with Crippen LogP contribution in [0.3, 0.4) is 0 Å². The van der Waals surface area contributed by atoms with E-state index in [1.54, 1.807) is 0 Å². The van der Waals surface area contributed by atoms with Gasteiger partial charge in [-0.2, -0.15) is 0 Å². The van der Waals surface area contributed by atoms with Crippen LogP contribution in [0.2, 0.25) is 0 Å². The zero-order chi connectivity index (χ0) is 21.5. The van der Waals surface area contributed by atoms with Gasteiger partial charge in [0.2, 0.25) is 0 Å². The van der Waals surface area contributed by atoms with Crippen molar-refractivity contribution >= 4 is 33.6 Å². The van der Waals surface area contributed by atoms with Crippen LogP contribution in [-0.2, 0) is 6.54 Å². The minimum atomic E-state index is -0.0426. The van der Waals surface area contributed by atoms with Crippen LogP contribution in [0, 0.1) is 13.8 Å². The van der Waals surface area contributed by atoms with Crippen molar-refractivity contribution < 1.29 is 9.21 Å². The lowest BCUT2D eigenvalue weighted by Crippen LogP contribution is -2.48. The zero-order valence-corrected chi connectivity index (χ0v) is 17.8. The van der Waals surface area contributed by atoms with Gasteiger partial charge in [-0.15, -0.1) is 0 Å². The number of aryl methyl sites for hydroxylation is 2. The first-order valence-electron chi connectivity index (χ1n) is 10.5. The van der Waals surface area contributed by atoms with Crippen LogP contribution < -0.4 is 5.73 Å². The van der Waals surface area contributed by atoms with Gasteiger partial charge in [0.15, 0.2) is 5.76 Å². The van der Waals surface area contributed by atoms with E-state index in [1.807, 2.05) is 61.2 Å². The fraction of sp³-hybridized carbons (Fsp3) is 0.292. The quantitative estimate of drug-likeness (QED) is 0.551. The molecule has 0 radical (unpaired) electrons. The lowest BCUT2D eigenvalue weighted by molar-refractivity contribution is 0.0596. The highest BCUT2D eigenvalue weighted by molar-refractivity contribution is 5.99. The van der Waals surface area contributed by atoms with Crippen molar-refractivity contribution in [1.82, 2.24) is 19.8 Å². The first-order valence-corrected chi connectivity index (χ1v) is 10.5. The van der Waals surface area contributed by atoms with Crippen LogP contribution in [0.15, 0.2) is 46.9 Å². The molecule has 3 heterocycles. The van der Waals surface area contributed by atoms with E-state index in [9.17, 15) is 4.79 Å². The van der Waals surface area contributed by atoms with E-state index in [-0.39, 0.29) is 5.91 Å². The molecule has 7 heteroatoms. The summed E-state index contributed by atoms with van der Waals surface area (Å²) in [5.41, 5.74) is 9.72. The molecule has 0 spiro atoms. The van der Waals surface area contributed by atoms with Gasteiger partial charge in [0.25, 0.3) is 5.91 Å². The Kier molecular flexibility index (Phi) is 4.82. The summed E-state index contributed by atoms with van der Waals surface area (Å²) in [6.07, 6.45) is 0. The Morgan fingerprint density at radius 2 is 1.74 bits per heavy atom. The van der Waals surface area contributed by atoms with E-state index in [2.05, 4.69) is 14.9 Å². The molecular formula is C24H25N5O2. The number of nitrogen functional groups attached to an aromatic ring is 1. The Morgan fingerprint density at radius 1 is 1.00 bits per heavy atom. The zero-order valence-electron chi connectivity index (χ0n) is 17.8. The third-order valence-electron chi connectivity index (χ3n) is 6.06. The summed E-state index contributed by atoms with van der Waals surface area (Å²) in [6.45, 7) is 7.34. The van der Waals surface area contributed by atoms with Gasteiger partial charge in [0.05, 0.1) is 12.1 Å². The summed E-state index contributed by atoms with van der Waals surface area (Å²) in [6, 6.07) is 13.8. The number of nitrogens with two attached hydrogens (primary N) is 1. The maximum atomic E-state index is 13.1. The first kappa shape index (κ1) is 19.5. The lowest BCUT2D eigenvalue weighted by atomic mass is 10.1. The third kappa shape index (κ3) is 3.51. The summed E-state index contributed by atoms with van der Waals surface area (Å²) in [5, 5.41) is 1.88. The molecule has 1 fully saturated rings. The number of hydrogen-bond donors (Lipinski definition) is 1. The van der Waals surface area contributed by atoms with Gasteiger partial charge in [-0.3, -0.25) is 9.69 Å². The average Bonchev–Trinajstić information content (AvgIpc) is 3.12. The van der Waals surface area contributed by atoms with Gasteiger partial charge in [-0.25, -0.2) is 9.97 Å². The highest BCUT2D eigenvalue weighted by Crippen LogP contribution is 2.29. The molecule has 158 valence electrons. The molecule has 1 amide bonds. The molecule has 1 aliphatic heterocycles. The fourth-order valence-corrected chi connectivity index (χ4v) is 4.26. The van der Waals surface area contributed by atoms with Gasteiger partial charge < -0.3 is 15.1 Å². The van der Waals surface area contributed by atoms with Crippen LogP contribution in [0.1, 0.15) is 27.5 Å². The highest BCUT2D eigenvalue weighted by Gasteiger charge is 2.27. The number of anilines is 1. The van der Waals surface area contributed by atoms with E-state index >= 15 is 0 Å². The second kappa shape index (κ2) is 7.67. The Hall–Kier alpha value is -3.45. The van der Waals surface area contributed by atoms with Crippen molar-refractivity contribution in [3.8, 4) is 0 Å². The molecule has 1 aliphatic rings. The number of amides is 1. The molecular weight excluding hydrogens is 390 g/mol. The van der Waals surface area contributed by atoms with Gasteiger partial charge in [-0.05, 0) is 31.5 Å². The summed E-state index contributed by atoms with van der Waals surface area (Å²) in [5.74, 6) is 1.62. The minimum Gasteiger partial charge on any atom is -0.450 e. The Balaban J connectivity index is 1.28. The van der Waals surface area contributed by atoms with E-state index in [0.29, 0.717) is 37.0 Å². The molecule has 31 heavy (non-hydrogen) atoms. The second-order valence-corrected chi connectivity index (χ2v) is 8.12. The van der Waals surface area contributed by atoms with Crippen molar-refractivity contribution in [3.63, 3.8) is 0 Å². The van der Waals surface area contributed by atoms with Gasteiger partial charge in [0, 0.05) is 42.5 Å². The topological polar surface area (TPSA) is 88.5 Å². The molecule has 2 aromatic carbocycles. The standard InChI is InChI=1S/C24H25N5O2/c1-15-6-5-8-17-16(2)22(31-21(15)17)24(30)29-12-10-28(11-13-29)14-20-26-19-9-4-3-7-18(19)23(25)27-20/h3-9H,10-14H2,1-2H3,(H2,25,26,27). The van der Waals surface area contributed by atoms with Crippen LogP contribution in [-0.4, -0.2) is 51.9 Å².